The molecule has 7 heteroatoms. The summed E-state index contributed by atoms with van der Waals surface area (Å²) < 4.78 is 0. The molecule has 0 aliphatic carbocycles. The molecule has 3 aromatic rings. The number of imide groups is 1. The number of carbonyl (C=O) groups excluding carboxylic acids is 2. The van der Waals surface area contributed by atoms with Crippen LogP contribution in [0.1, 0.15) is 34.1 Å². The second-order valence-electron chi connectivity index (χ2n) is 6.56. The molecule has 1 aliphatic heterocycles. The molecule has 0 saturated heterocycles. The van der Waals surface area contributed by atoms with Crippen LogP contribution in [-0.2, 0) is 0 Å². The maximum atomic E-state index is 12.4. The van der Waals surface area contributed by atoms with E-state index in [-0.39, 0.29) is 17.9 Å². The fourth-order valence-electron chi connectivity index (χ4n) is 3.22. The van der Waals surface area contributed by atoms with Crippen molar-refractivity contribution in [1.29, 1.82) is 0 Å². The summed E-state index contributed by atoms with van der Waals surface area (Å²) in [5, 5.41) is 10.1. The zero-order chi connectivity index (χ0) is 18.8. The highest BCUT2D eigenvalue weighted by Gasteiger charge is 2.34. The van der Waals surface area contributed by atoms with Gasteiger partial charge in [0, 0.05) is 23.8 Å². The number of nitrogens with zero attached hydrogens (tertiary/aromatic N) is 3. The summed E-state index contributed by atoms with van der Waals surface area (Å²) in [6.45, 7) is 2.40. The summed E-state index contributed by atoms with van der Waals surface area (Å²) in [6, 6.07) is 14.9. The molecule has 1 aromatic heterocycles. The van der Waals surface area contributed by atoms with Crippen molar-refractivity contribution in [2.24, 2.45) is 0 Å². The molecule has 7 nitrogen and oxygen atoms in total. The number of nitrogens with one attached hydrogen (secondary N) is 2. The van der Waals surface area contributed by atoms with Gasteiger partial charge in [0.2, 0.25) is 0 Å². The zero-order valence-electron chi connectivity index (χ0n) is 14.8. The largest absolute Gasteiger partial charge is 0.383 e. The SMILES string of the molecule is CC(CCN1C(=O)c2ccccc2C1=O)Nc1cccc(-c2ncn[nH]2)c1. The van der Waals surface area contributed by atoms with Gasteiger partial charge in [0.25, 0.3) is 11.8 Å². The van der Waals surface area contributed by atoms with Crippen molar-refractivity contribution < 1.29 is 9.59 Å². The van der Waals surface area contributed by atoms with E-state index in [2.05, 4.69) is 20.5 Å². The third-order valence-electron chi connectivity index (χ3n) is 4.63. The van der Waals surface area contributed by atoms with Crippen molar-refractivity contribution in [2.45, 2.75) is 19.4 Å². The van der Waals surface area contributed by atoms with Crippen LogP contribution in [0.25, 0.3) is 11.4 Å². The molecule has 27 heavy (non-hydrogen) atoms. The molecular weight excluding hydrogens is 342 g/mol. The predicted octanol–water partition coefficient (Wildman–Crippen LogP) is 2.96. The summed E-state index contributed by atoms with van der Waals surface area (Å²) in [6.07, 6.45) is 2.12. The van der Waals surface area contributed by atoms with E-state index in [1.54, 1.807) is 24.3 Å². The minimum atomic E-state index is -0.213. The molecule has 1 atom stereocenters. The Morgan fingerprint density at radius 3 is 2.48 bits per heavy atom. The van der Waals surface area contributed by atoms with Crippen molar-refractivity contribution in [3.63, 3.8) is 0 Å². The summed E-state index contributed by atoms with van der Waals surface area (Å²) in [4.78, 5) is 30.3. The van der Waals surface area contributed by atoms with Crippen LogP contribution in [0.5, 0.6) is 0 Å². The first-order valence-electron chi connectivity index (χ1n) is 8.81. The van der Waals surface area contributed by atoms with E-state index >= 15 is 0 Å². The van der Waals surface area contributed by atoms with E-state index in [0.29, 0.717) is 29.9 Å². The van der Waals surface area contributed by atoms with Crippen molar-refractivity contribution >= 4 is 17.5 Å². The van der Waals surface area contributed by atoms with Gasteiger partial charge < -0.3 is 5.32 Å². The van der Waals surface area contributed by atoms with Gasteiger partial charge in [-0.25, -0.2) is 4.98 Å². The molecule has 0 fully saturated rings. The van der Waals surface area contributed by atoms with E-state index in [1.807, 2.05) is 31.2 Å². The first-order chi connectivity index (χ1) is 13.1. The normalized spacial score (nSPS) is 14.3. The lowest BCUT2D eigenvalue weighted by atomic mass is 10.1. The number of hydrogen-bond donors (Lipinski definition) is 2. The molecule has 2 heterocycles. The molecule has 1 unspecified atom stereocenters. The third kappa shape index (κ3) is 3.31. The number of benzene rings is 2. The maximum Gasteiger partial charge on any atom is 0.261 e. The van der Waals surface area contributed by atoms with Crippen molar-refractivity contribution in [3.05, 3.63) is 66.0 Å². The van der Waals surface area contributed by atoms with Gasteiger partial charge in [-0.15, -0.1) is 0 Å². The average Bonchev–Trinajstić information content (AvgIpc) is 3.29. The lowest BCUT2D eigenvalue weighted by molar-refractivity contribution is 0.0651. The van der Waals surface area contributed by atoms with Gasteiger partial charge in [-0.2, -0.15) is 5.10 Å². The molecule has 2 N–H and O–H groups in total. The van der Waals surface area contributed by atoms with Crippen molar-refractivity contribution in [1.82, 2.24) is 20.1 Å². The molecule has 1 aliphatic rings. The number of rotatable bonds is 6. The van der Waals surface area contributed by atoms with Crippen molar-refractivity contribution in [3.8, 4) is 11.4 Å². The van der Waals surface area contributed by atoms with E-state index < -0.39 is 0 Å². The molecule has 0 spiro atoms. The van der Waals surface area contributed by atoms with E-state index in [1.165, 1.54) is 11.2 Å². The third-order valence-corrected chi connectivity index (χ3v) is 4.63. The van der Waals surface area contributed by atoms with Gasteiger partial charge in [-0.3, -0.25) is 19.6 Å². The minimum absolute atomic E-state index is 0.0827. The number of carbonyl (C=O) groups is 2. The van der Waals surface area contributed by atoms with Crippen LogP contribution < -0.4 is 5.32 Å². The number of fused-ring (bicyclic) bond motifs is 1. The van der Waals surface area contributed by atoms with E-state index in [0.717, 1.165) is 11.3 Å². The number of anilines is 1. The Morgan fingerprint density at radius 1 is 1.07 bits per heavy atom. The molecule has 136 valence electrons. The van der Waals surface area contributed by atoms with Gasteiger partial charge in [0.05, 0.1) is 11.1 Å². The summed E-state index contributed by atoms with van der Waals surface area (Å²) in [5.74, 6) is 0.280. The quantitative estimate of drug-likeness (QED) is 0.659. The highest BCUT2D eigenvalue weighted by Crippen LogP contribution is 2.23. The Hall–Kier alpha value is -3.48. The summed E-state index contributed by atoms with van der Waals surface area (Å²) in [5.41, 5.74) is 2.86. The van der Waals surface area contributed by atoms with E-state index in [9.17, 15) is 9.59 Å². The highest BCUT2D eigenvalue weighted by atomic mass is 16.2. The molecule has 4 rings (SSSR count). The van der Waals surface area contributed by atoms with Crippen LogP contribution in [0.2, 0.25) is 0 Å². The van der Waals surface area contributed by atoms with Gasteiger partial charge in [-0.1, -0.05) is 24.3 Å². The maximum absolute atomic E-state index is 12.4. The zero-order valence-corrected chi connectivity index (χ0v) is 14.8. The summed E-state index contributed by atoms with van der Waals surface area (Å²) >= 11 is 0. The Kier molecular flexibility index (Phi) is 4.42. The fourth-order valence-corrected chi connectivity index (χ4v) is 3.22. The summed E-state index contributed by atoms with van der Waals surface area (Å²) in [7, 11) is 0. The second-order valence-corrected chi connectivity index (χ2v) is 6.56. The standard InChI is InChI=1S/C20H19N5O2/c1-13(23-15-6-4-5-14(11-15)18-21-12-22-24-18)9-10-25-19(26)16-7-2-3-8-17(16)20(25)27/h2-8,11-13,23H,9-10H2,1H3,(H,21,22,24). The van der Waals surface area contributed by atoms with Crippen LogP contribution >= 0.6 is 0 Å². The molecule has 2 amide bonds. The van der Waals surface area contributed by atoms with Crippen LogP contribution in [0.15, 0.2) is 54.9 Å². The number of H-pyrrole nitrogens is 1. The lowest BCUT2D eigenvalue weighted by Gasteiger charge is -2.19. The Balaban J connectivity index is 1.38. The first-order valence-corrected chi connectivity index (χ1v) is 8.81. The number of hydrogen-bond acceptors (Lipinski definition) is 5. The Labute approximate surface area is 156 Å². The van der Waals surface area contributed by atoms with Crippen LogP contribution in [0, 0.1) is 0 Å². The van der Waals surface area contributed by atoms with Gasteiger partial charge >= 0.3 is 0 Å². The van der Waals surface area contributed by atoms with E-state index in [4.69, 9.17) is 0 Å². The average molecular weight is 361 g/mol. The number of aromatic nitrogens is 3. The predicted molar refractivity (Wildman–Crippen MR) is 101 cm³/mol. The fraction of sp³-hybridized carbons (Fsp3) is 0.200. The first kappa shape index (κ1) is 17.0. The van der Waals surface area contributed by atoms with Crippen LogP contribution in [0.4, 0.5) is 5.69 Å². The topological polar surface area (TPSA) is 91.0 Å². The molecular formula is C20H19N5O2. The Bertz CT molecular complexity index is 949. The number of aromatic amines is 1. The molecule has 0 radical (unpaired) electrons. The molecule has 2 aromatic carbocycles. The number of amides is 2. The smallest absolute Gasteiger partial charge is 0.261 e. The van der Waals surface area contributed by atoms with Crippen LogP contribution in [-0.4, -0.2) is 44.5 Å². The minimum Gasteiger partial charge on any atom is -0.383 e. The second kappa shape index (κ2) is 7.03. The Morgan fingerprint density at radius 2 is 1.81 bits per heavy atom. The van der Waals surface area contributed by atoms with Gasteiger partial charge in [-0.05, 0) is 37.6 Å². The van der Waals surface area contributed by atoms with Gasteiger partial charge in [0.15, 0.2) is 5.82 Å². The van der Waals surface area contributed by atoms with Gasteiger partial charge in [0.1, 0.15) is 6.33 Å². The highest BCUT2D eigenvalue weighted by molar-refractivity contribution is 6.21. The molecule has 0 bridgehead atoms. The van der Waals surface area contributed by atoms with Crippen LogP contribution in [0.3, 0.4) is 0 Å². The van der Waals surface area contributed by atoms with Crippen molar-refractivity contribution in [2.75, 3.05) is 11.9 Å². The monoisotopic (exact) mass is 361 g/mol. The lowest BCUT2D eigenvalue weighted by Crippen LogP contribution is -2.33. The molecule has 0 saturated carbocycles.